The van der Waals surface area contributed by atoms with Crippen LogP contribution in [0.25, 0.3) is 0 Å². The van der Waals surface area contributed by atoms with E-state index in [0.29, 0.717) is 10.7 Å². The number of hydrogen-bond donors (Lipinski definition) is 1. The van der Waals surface area contributed by atoms with E-state index in [0.717, 1.165) is 16.8 Å². The van der Waals surface area contributed by atoms with Gasteiger partial charge in [-0.3, -0.25) is 15.5 Å². The molecule has 0 saturated carbocycles. The minimum absolute atomic E-state index is 0.0372. The number of nitrogens with zero attached hydrogens (tertiary/aromatic N) is 2. The second-order valence-corrected chi connectivity index (χ2v) is 5.69. The van der Waals surface area contributed by atoms with E-state index in [1.165, 1.54) is 12.1 Å². The fraction of sp³-hybridized carbons (Fsp3) is 0. The van der Waals surface area contributed by atoms with Gasteiger partial charge in [-0.05, 0) is 36.4 Å². The van der Waals surface area contributed by atoms with E-state index in [2.05, 4.69) is 10.5 Å². The van der Waals surface area contributed by atoms with E-state index in [1.807, 2.05) is 42.5 Å². The van der Waals surface area contributed by atoms with Crippen LogP contribution < -0.4 is 5.43 Å². The molecule has 0 fully saturated rings. The Morgan fingerprint density at radius 2 is 1.44 bits per heavy atom. The van der Waals surface area contributed by atoms with Crippen LogP contribution in [0.1, 0.15) is 11.1 Å². The molecule has 0 aromatic heterocycles. The van der Waals surface area contributed by atoms with E-state index in [4.69, 9.17) is 11.6 Å². The topological polar surface area (TPSA) is 67.5 Å². The molecular formula is C19H14ClN3O2. The van der Waals surface area contributed by atoms with Gasteiger partial charge in [0.15, 0.2) is 0 Å². The van der Waals surface area contributed by atoms with Gasteiger partial charge in [0.25, 0.3) is 5.69 Å². The molecule has 0 aliphatic rings. The third-order valence-corrected chi connectivity index (χ3v) is 3.79. The summed E-state index contributed by atoms with van der Waals surface area (Å²) < 4.78 is 0. The number of nitro benzene ring substituents is 1. The molecule has 6 heteroatoms. The number of hydrazone groups is 1. The van der Waals surface area contributed by atoms with E-state index in [1.54, 1.807) is 24.3 Å². The highest BCUT2D eigenvalue weighted by Gasteiger charge is 2.10. The van der Waals surface area contributed by atoms with Crippen molar-refractivity contribution in [2.75, 3.05) is 5.43 Å². The Morgan fingerprint density at radius 1 is 0.880 bits per heavy atom. The molecule has 0 amide bonds. The van der Waals surface area contributed by atoms with Crippen LogP contribution in [0.4, 0.5) is 11.4 Å². The van der Waals surface area contributed by atoms with Crippen LogP contribution in [-0.2, 0) is 0 Å². The average molecular weight is 352 g/mol. The molecule has 5 nitrogen and oxygen atoms in total. The molecule has 0 aliphatic carbocycles. The predicted molar refractivity (Wildman–Crippen MR) is 100 cm³/mol. The van der Waals surface area contributed by atoms with Crippen molar-refractivity contribution in [1.29, 1.82) is 0 Å². The molecule has 0 radical (unpaired) electrons. The summed E-state index contributed by atoms with van der Waals surface area (Å²) in [6.07, 6.45) is 0. The number of anilines is 1. The second kappa shape index (κ2) is 7.59. The molecule has 3 aromatic rings. The van der Waals surface area contributed by atoms with E-state index in [-0.39, 0.29) is 5.69 Å². The molecule has 3 aromatic carbocycles. The van der Waals surface area contributed by atoms with E-state index in [9.17, 15) is 10.1 Å². The highest BCUT2D eigenvalue weighted by atomic mass is 35.5. The lowest BCUT2D eigenvalue weighted by atomic mass is 10.0. The van der Waals surface area contributed by atoms with Gasteiger partial charge in [-0.25, -0.2) is 0 Å². The van der Waals surface area contributed by atoms with Gasteiger partial charge in [0.2, 0.25) is 0 Å². The minimum atomic E-state index is -0.425. The zero-order valence-electron chi connectivity index (χ0n) is 13.1. The molecule has 25 heavy (non-hydrogen) atoms. The Labute approximate surface area is 149 Å². The minimum Gasteiger partial charge on any atom is -0.278 e. The molecule has 124 valence electrons. The van der Waals surface area contributed by atoms with Crippen LogP contribution in [0, 0.1) is 10.1 Å². The molecule has 0 spiro atoms. The first kappa shape index (κ1) is 16.7. The lowest BCUT2D eigenvalue weighted by Gasteiger charge is -2.09. The van der Waals surface area contributed by atoms with Gasteiger partial charge in [0.1, 0.15) is 0 Å². The molecule has 0 bridgehead atoms. The lowest BCUT2D eigenvalue weighted by molar-refractivity contribution is -0.384. The number of benzene rings is 3. The molecule has 0 saturated heterocycles. The fourth-order valence-electron chi connectivity index (χ4n) is 2.28. The van der Waals surface area contributed by atoms with Crippen LogP contribution in [-0.4, -0.2) is 10.6 Å². The monoisotopic (exact) mass is 351 g/mol. The molecule has 0 aliphatic heterocycles. The van der Waals surface area contributed by atoms with Crippen molar-refractivity contribution in [3.63, 3.8) is 0 Å². The lowest BCUT2D eigenvalue weighted by Crippen LogP contribution is -2.06. The van der Waals surface area contributed by atoms with Crippen molar-refractivity contribution in [2.45, 2.75) is 0 Å². The zero-order chi connectivity index (χ0) is 17.6. The number of rotatable bonds is 5. The molecule has 0 heterocycles. The molecular weight excluding hydrogens is 338 g/mol. The first-order valence-electron chi connectivity index (χ1n) is 7.53. The Morgan fingerprint density at radius 3 is 2.00 bits per heavy atom. The van der Waals surface area contributed by atoms with Crippen molar-refractivity contribution < 1.29 is 4.92 Å². The van der Waals surface area contributed by atoms with E-state index < -0.39 is 4.92 Å². The van der Waals surface area contributed by atoms with Crippen molar-refractivity contribution in [3.8, 4) is 0 Å². The van der Waals surface area contributed by atoms with Gasteiger partial charge in [-0.2, -0.15) is 5.10 Å². The van der Waals surface area contributed by atoms with Gasteiger partial charge < -0.3 is 0 Å². The Hall–Kier alpha value is -3.18. The summed E-state index contributed by atoms with van der Waals surface area (Å²) in [5, 5.41) is 16.0. The SMILES string of the molecule is O=[N+]([O-])c1ccc(/C(=N/Nc2ccccc2)c2ccc(Cl)cc2)cc1. The van der Waals surface area contributed by atoms with Gasteiger partial charge in [-0.15, -0.1) is 0 Å². The van der Waals surface area contributed by atoms with Crippen LogP contribution in [0.5, 0.6) is 0 Å². The number of hydrogen-bond acceptors (Lipinski definition) is 4. The highest BCUT2D eigenvalue weighted by molar-refractivity contribution is 6.30. The number of nitro groups is 1. The Kier molecular flexibility index (Phi) is 5.06. The summed E-state index contributed by atoms with van der Waals surface area (Å²) in [4.78, 5) is 10.4. The van der Waals surface area contributed by atoms with Crippen molar-refractivity contribution in [3.05, 3.63) is 105 Å². The maximum absolute atomic E-state index is 10.8. The smallest absolute Gasteiger partial charge is 0.269 e. The van der Waals surface area contributed by atoms with Crippen molar-refractivity contribution >= 4 is 28.7 Å². The number of para-hydroxylation sites is 1. The second-order valence-electron chi connectivity index (χ2n) is 5.25. The summed E-state index contributed by atoms with van der Waals surface area (Å²) >= 11 is 5.96. The summed E-state index contributed by atoms with van der Waals surface area (Å²) in [6.45, 7) is 0. The van der Waals surface area contributed by atoms with E-state index >= 15 is 0 Å². The standard InChI is InChI=1S/C19H14ClN3O2/c20-16-10-6-14(7-11-16)19(22-21-17-4-2-1-3-5-17)15-8-12-18(13-9-15)23(24)25/h1-13,21H/b22-19+. The molecule has 0 unspecified atom stereocenters. The average Bonchev–Trinajstić information content (AvgIpc) is 2.64. The summed E-state index contributed by atoms with van der Waals surface area (Å²) in [5.41, 5.74) is 6.17. The summed E-state index contributed by atoms with van der Waals surface area (Å²) in [6, 6.07) is 23.1. The number of nitrogens with one attached hydrogen (secondary N) is 1. The van der Waals surface area contributed by atoms with Gasteiger partial charge >= 0.3 is 0 Å². The van der Waals surface area contributed by atoms with Crippen molar-refractivity contribution in [2.24, 2.45) is 5.10 Å². The fourth-order valence-corrected chi connectivity index (χ4v) is 2.40. The van der Waals surface area contributed by atoms with Crippen LogP contribution >= 0.6 is 11.6 Å². The summed E-state index contributed by atoms with van der Waals surface area (Å²) in [5.74, 6) is 0. The maximum atomic E-state index is 10.8. The highest BCUT2D eigenvalue weighted by Crippen LogP contribution is 2.18. The first-order valence-corrected chi connectivity index (χ1v) is 7.91. The third-order valence-electron chi connectivity index (χ3n) is 3.54. The van der Waals surface area contributed by atoms with Crippen LogP contribution in [0.15, 0.2) is 84.0 Å². The molecule has 0 atom stereocenters. The zero-order valence-corrected chi connectivity index (χ0v) is 13.9. The maximum Gasteiger partial charge on any atom is 0.269 e. The predicted octanol–water partition coefficient (Wildman–Crippen LogP) is 5.11. The normalized spacial score (nSPS) is 11.2. The van der Waals surface area contributed by atoms with Gasteiger partial charge in [0.05, 0.1) is 16.3 Å². The van der Waals surface area contributed by atoms with Crippen LogP contribution in [0.2, 0.25) is 5.02 Å². The molecule has 1 N–H and O–H groups in total. The number of halogens is 1. The van der Waals surface area contributed by atoms with Crippen molar-refractivity contribution in [1.82, 2.24) is 0 Å². The van der Waals surface area contributed by atoms with Gasteiger partial charge in [0, 0.05) is 28.3 Å². The number of non-ortho nitro benzene ring substituents is 1. The molecule has 3 rings (SSSR count). The van der Waals surface area contributed by atoms with Gasteiger partial charge in [-0.1, -0.05) is 41.9 Å². The summed E-state index contributed by atoms with van der Waals surface area (Å²) in [7, 11) is 0. The van der Waals surface area contributed by atoms with Crippen LogP contribution in [0.3, 0.4) is 0 Å². The first-order chi connectivity index (χ1) is 12.1. The Bertz CT molecular complexity index is 892. The third kappa shape index (κ3) is 4.22. The quantitative estimate of drug-likeness (QED) is 0.394. The Balaban J connectivity index is 1.99. The largest absolute Gasteiger partial charge is 0.278 e.